The van der Waals surface area contributed by atoms with Gasteiger partial charge in [-0.05, 0) is 37.5 Å². The summed E-state index contributed by atoms with van der Waals surface area (Å²) in [4.78, 5) is 21.2. The molecule has 8 heteroatoms. The van der Waals surface area contributed by atoms with Gasteiger partial charge in [0, 0.05) is 0 Å². The number of ether oxygens (including phenoxy) is 1. The second kappa shape index (κ2) is 4.35. The highest BCUT2D eigenvalue weighted by Crippen LogP contribution is 2.47. The largest absolute Gasteiger partial charge is 0.477 e. The summed E-state index contributed by atoms with van der Waals surface area (Å²) in [5, 5.41) is 8.05. The molecule has 0 radical (unpaired) electrons. The van der Waals surface area contributed by atoms with Crippen LogP contribution in [0.25, 0.3) is 0 Å². The smallest absolute Gasteiger partial charge is 0.415 e. The van der Waals surface area contributed by atoms with E-state index in [9.17, 15) is 27.2 Å². The van der Waals surface area contributed by atoms with Gasteiger partial charge in [-0.15, -0.1) is 0 Å². The van der Waals surface area contributed by atoms with Gasteiger partial charge >= 0.3 is 23.8 Å². The molecule has 19 heavy (non-hydrogen) atoms. The molecule has 0 aliphatic heterocycles. The molecular formula is C11H12F4O4. The molecule has 3 atom stereocenters. The van der Waals surface area contributed by atoms with E-state index in [1.807, 2.05) is 0 Å². The standard InChI is InChI=1S/C11H12F4O4/c12-10(13,8(16)17)11(14,15)9(18)19-7-4-5-1-2-6(7)3-5/h5-7H,1-4H2,(H,16,17). The summed E-state index contributed by atoms with van der Waals surface area (Å²) in [6, 6.07) is 0. The van der Waals surface area contributed by atoms with Gasteiger partial charge in [-0.1, -0.05) is 0 Å². The number of rotatable bonds is 4. The van der Waals surface area contributed by atoms with E-state index in [4.69, 9.17) is 5.11 Å². The zero-order chi connectivity index (χ0) is 14.4. The maximum Gasteiger partial charge on any atom is 0.415 e. The number of aliphatic carboxylic acids is 1. The number of hydrogen-bond acceptors (Lipinski definition) is 3. The van der Waals surface area contributed by atoms with E-state index in [0.717, 1.165) is 12.8 Å². The molecule has 0 aromatic heterocycles. The third-order valence-corrected chi connectivity index (χ3v) is 3.85. The first-order chi connectivity index (χ1) is 8.66. The normalized spacial score (nSPS) is 30.4. The van der Waals surface area contributed by atoms with Crippen molar-refractivity contribution in [2.45, 2.75) is 43.6 Å². The monoisotopic (exact) mass is 284 g/mol. The summed E-state index contributed by atoms with van der Waals surface area (Å²) >= 11 is 0. The number of alkyl halides is 4. The quantitative estimate of drug-likeness (QED) is 0.634. The minimum atomic E-state index is -5.47. The van der Waals surface area contributed by atoms with E-state index in [0.29, 0.717) is 12.8 Å². The summed E-state index contributed by atoms with van der Waals surface area (Å²) in [5.41, 5.74) is 0. The summed E-state index contributed by atoms with van der Waals surface area (Å²) < 4.78 is 56.3. The molecule has 4 nitrogen and oxygen atoms in total. The molecule has 2 bridgehead atoms. The van der Waals surface area contributed by atoms with Gasteiger partial charge in [-0.3, -0.25) is 0 Å². The molecule has 0 heterocycles. The number of esters is 1. The van der Waals surface area contributed by atoms with Crippen LogP contribution in [0.1, 0.15) is 25.7 Å². The Morgan fingerprint density at radius 3 is 2.11 bits per heavy atom. The Morgan fingerprint density at radius 2 is 1.68 bits per heavy atom. The average molecular weight is 284 g/mol. The number of carboxylic acids is 1. The van der Waals surface area contributed by atoms with E-state index < -0.39 is 29.9 Å². The van der Waals surface area contributed by atoms with Gasteiger partial charge in [-0.2, -0.15) is 17.6 Å². The SMILES string of the molecule is O=C(O)C(F)(F)C(F)(F)C(=O)OC1CC2CCC1C2. The van der Waals surface area contributed by atoms with Crippen molar-refractivity contribution >= 4 is 11.9 Å². The minimum absolute atomic E-state index is 0.0804. The van der Waals surface area contributed by atoms with E-state index in [1.54, 1.807) is 0 Å². The summed E-state index contributed by atoms with van der Waals surface area (Å²) in [7, 11) is 0. The summed E-state index contributed by atoms with van der Waals surface area (Å²) in [5.74, 6) is -16.2. The third-order valence-electron chi connectivity index (χ3n) is 3.85. The molecule has 0 spiro atoms. The number of fused-ring (bicyclic) bond motifs is 2. The molecule has 2 saturated carbocycles. The van der Waals surface area contributed by atoms with Crippen molar-refractivity contribution in [3.05, 3.63) is 0 Å². The topological polar surface area (TPSA) is 63.6 Å². The molecule has 0 aromatic rings. The minimum Gasteiger partial charge on any atom is -0.477 e. The van der Waals surface area contributed by atoms with Crippen molar-refractivity contribution in [3.8, 4) is 0 Å². The Bertz CT molecular complexity index is 409. The molecule has 1 N–H and O–H groups in total. The molecule has 0 saturated heterocycles. The van der Waals surface area contributed by atoms with Gasteiger partial charge in [0.15, 0.2) is 0 Å². The lowest BCUT2D eigenvalue weighted by molar-refractivity contribution is -0.238. The number of carbonyl (C=O) groups is 2. The molecular weight excluding hydrogens is 272 g/mol. The van der Waals surface area contributed by atoms with E-state index in [1.165, 1.54) is 0 Å². The van der Waals surface area contributed by atoms with Crippen molar-refractivity contribution < 1.29 is 37.0 Å². The molecule has 2 aliphatic rings. The first-order valence-corrected chi connectivity index (χ1v) is 5.86. The van der Waals surface area contributed by atoms with E-state index in [2.05, 4.69) is 4.74 Å². The second-order valence-electron chi connectivity index (χ2n) is 5.07. The number of carbonyl (C=O) groups excluding carboxylic acids is 1. The molecule has 108 valence electrons. The fourth-order valence-corrected chi connectivity index (χ4v) is 2.80. The Kier molecular flexibility index (Phi) is 3.22. The van der Waals surface area contributed by atoms with Crippen LogP contribution >= 0.6 is 0 Å². The molecule has 0 aromatic carbocycles. The zero-order valence-corrected chi connectivity index (χ0v) is 9.74. The van der Waals surface area contributed by atoms with E-state index in [-0.39, 0.29) is 11.8 Å². The van der Waals surface area contributed by atoms with Gasteiger partial charge in [0.25, 0.3) is 0 Å². The van der Waals surface area contributed by atoms with E-state index >= 15 is 0 Å². The number of halogens is 4. The van der Waals surface area contributed by atoms with Crippen LogP contribution in [-0.4, -0.2) is 35.0 Å². The van der Waals surface area contributed by atoms with Gasteiger partial charge in [-0.25, -0.2) is 9.59 Å². The van der Waals surface area contributed by atoms with Crippen molar-refractivity contribution in [2.75, 3.05) is 0 Å². The van der Waals surface area contributed by atoms with Crippen LogP contribution in [0.2, 0.25) is 0 Å². The Hall–Kier alpha value is -1.34. The van der Waals surface area contributed by atoms with Crippen molar-refractivity contribution in [1.29, 1.82) is 0 Å². The van der Waals surface area contributed by atoms with Crippen molar-refractivity contribution in [3.63, 3.8) is 0 Å². The van der Waals surface area contributed by atoms with Gasteiger partial charge in [0.1, 0.15) is 6.10 Å². The molecule has 2 aliphatic carbocycles. The maximum atomic E-state index is 13.1. The summed E-state index contributed by atoms with van der Waals surface area (Å²) in [6.07, 6.45) is 1.94. The van der Waals surface area contributed by atoms with Crippen LogP contribution in [0.5, 0.6) is 0 Å². The Balaban J connectivity index is 2.05. The van der Waals surface area contributed by atoms with Crippen LogP contribution in [0, 0.1) is 11.8 Å². The Morgan fingerprint density at radius 1 is 1.05 bits per heavy atom. The number of carboxylic acid groups (broad SMARTS) is 1. The molecule has 2 fully saturated rings. The zero-order valence-electron chi connectivity index (χ0n) is 9.74. The second-order valence-corrected chi connectivity index (χ2v) is 5.07. The van der Waals surface area contributed by atoms with Gasteiger partial charge < -0.3 is 9.84 Å². The highest BCUT2D eigenvalue weighted by atomic mass is 19.3. The predicted octanol–water partition coefficient (Wildman–Crippen LogP) is 2.07. The first-order valence-electron chi connectivity index (χ1n) is 5.86. The lowest BCUT2D eigenvalue weighted by Gasteiger charge is -2.26. The maximum absolute atomic E-state index is 13.1. The first kappa shape index (κ1) is 14.1. The average Bonchev–Trinajstić information content (AvgIpc) is 2.90. The van der Waals surface area contributed by atoms with Crippen LogP contribution in [-0.2, 0) is 14.3 Å². The van der Waals surface area contributed by atoms with Crippen LogP contribution in [0.15, 0.2) is 0 Å². The predicted molar refractivity (Wildman–Crippen MR) is 52.9 cm³/mol. The lowest BCUT2D eigenvalue weighted by atomic mass is 9.97. The van der Waals surface area contributed by atoms with Gasteiger partial charge in [0.05, 0.1) is 0 Å². The highest BCUT2D eigenvalue weighted by Gasteiger charge is 2.69. The van der Waals surface area contributed by atoms with Gasteiger partial charge in [0.2, 0.25) is 0 Å². The lowest BCUT2D eigenvalue weighted by Crippen LogP contribution is -2.53. The fourth-order valence-electron chi connectivity index (χ4n) is 2.80. The van der Waals surface area contributed by atoms with Crippen LogP contribution in [0.3, 0.4) is 0 Å². The molecule has 2 rings (SSSR count). The number of hydrogen-bond donors (Lipinski definition) is 1. The van der Waals surface area contributed by atoms with Crippen molar-refractivity contribution in [1.82, 2.24) is 0 Å². The molecule has 3 unspecified atom stereocenters. The van der Waals surface area contributed by atoms with Crippen LogP contribution in [0.4, 0.5) is 17.6 Å². The van der Waals surface area contributed by atoms with Crippen molar-refractivity contribution in [2.24, 2.45) is 11.8 Å². The fraction of sp³-hybridized carbons (Fsp3) is 0.818. The highest BCUT2D eigenvalue weighted by molar-refractivity contribution is 5.89. The Labute approximate surface area is 105 Å². The third kappa shape index (κ3) is 2.17. The summed E-state index contributed by atoms with van der Waals surface area (Å²) in [6.45, 7) is 0. The molecule has 0 amide bonds. The van der Waals surface area contributed by atoms with Crippen LogP contribution < -0.4 is 0 Å².